The Bertz CT molecular complexity index is 2000. The van der Waals surface area contributed by atoms with Crippen LogP contribution in [0.5, 0.6) is 0 Å². The Labute approximate surface area is 384 Å². The zero-order valence-electron chi connectivity index (χ0n) is 35.4. The van der Waals surface area contributed by atoms with E-state index < -0.39 is 35.8 Å². The van der Waals surface area contributed by atoms with Crippen molar-refractivity contribution in [1.29, 1.82) is 0 Å². The zero-order chi connectivity index (χ0) is 45.3. The Hall–Kier alpha value is -5.00. The molecule has 0 bridgehead atoms. The van der Waals surface area contributed by atoms with E-state index in [1.54, 1.807) is 24.3 Å². The molecule has 4 rings (SSSR count). The standard InChI is InChI=1S/C48H54Cl4N4O6/c1-5-43(37-11-19-41(20-12-37)55(33(3)57)45(47(59)60)31-35-7-15-39(16-8-35)53(27-23-49)28-24-50)44(6-2)38-13-21-42(22-14-38)56(34(4)58)46(48(61)62)32-36-9-17-40(18-10-36)54(29-25-51)30-26-52/h5-22,45-46H,23-32H2,1-4H3,(H,59,60)(H,61,62)/b43-5+,44-6+/t45-,46-/m0/s1. The summed E-state index contributed by atoms with van der Waals surface area (Å²) >= 11 is 23.9. The summed E-state index contributed by atoms with van der Waals surface area (Å²) in [7, 11) is 0. The lowest BCUT2D eigenvalue weighted by Gasteiger charge is -2.29. The maximum atomic E-state index is 13.1. The Kier molecular flexibility index (Phi) is 19.7. The fourth-order valence-electron chi connectivity index (χ4n) is 7.58. The number of nitrogens with zero attached hydrogens (tertiary/aromatic N) is 4. The topological polar surface area (TPSA) is 122 Å². The van der Waals surface area contributed by atoms with Crippen molar-refractivity contribution in [2.45, 2.75) is 52.6 Å². The Balaban J connectivity index is 1.55. The number of allylic oxidation sites excluding steroid dienone is 4. The summed E-state index contributed by atoms with van der Waals surface area (Å²) in [5.41, 5.74) is 7.64. The van der Waals surface area contributed by atoms with Gasteiger partial charge in [0.05, 0.1) is 0 Å². The highest BCUT2D eigenvalue weighted by Gasteiger charge is 2.31. The Morgan fingerprint density at radius 1 is 0.484 bits per heavy atom. The van der Waals surface area contributed by atoms with E-state index in [-0.39, 0.29) is 12.8 Å². The van der Waals surface area contributed by atoms with E-state index in [4.69, 9.17) is 46.4 Å². The molecule has 330 valence electrons. The molecule has 0 aliphatic rings. The smallest absolute Gasteiger partial charge is 0.327 e. The zero-order valence-corrected chi connectivity index (χ0v) is 38.5. The lowest BCUT2D eigenvalue weighted by Crippen LogP contribution is -2.45. The van der Waals surface area contributed by atoms with Gasteiger partial charge in [0.25, 0.3) is 0 Å². The molecule has 10 nitrogen and oxygen atoms in total. The van der Waals surface area contributed by atoms with Crippen LogP contribution in [0.3, 0.4) is 0 Å². The van der Waals surface area contributed by atoms with Crippen LogP contribution in [0.1, 0.15) is 49.9 Å². The van der Waals surface area contributed by atoms with E-state index in [0.29, 0.717) is 61.1 Å². The number of carbonyl (C=O) groups is 4. The van der Waals surface area contributed by atoms with Gasteiger partial charge in [-0.2, -0.15) is 0 Å². The van der Waals surface area contributed by atoms with Crippen LogP contribution in [0.25, 0.3) is 11.1 Å². The summed E-state index contributed by atoms with van der Waals surface area (Å²) in [5, 5.41) is 20.7. The maximum Gasteiger partial charge on any atom is 0.327 e. The second-order valence-corrected chi connectivity index (χ2v) is 16.0. The molecule has 0 unspecified atom stereocenters. The number of anilines is 4. The first kappa shape index (κ1) is 49.7. The number of hydrogen-bond donors (Lipinski definition) is 2. The van der Waals surface area contributed by atoms with Crippen LogP contribution in [0.4, 0.5) is 22.7 Å². The molecular weight excluding hydrogens is 870 g/mol. The van der Waals surface area contributed by atoms with Gasteiger partial charge in [-0.05, 0) is 95.8 Å². The molecule has 14 heteroatoms. The number of amides is 2. The van der Waals surface area contributed by atoms with Gasteiger partial charge in [0, 0.05) is 99.1 Å². The predicted octanol–water partition coefficient (Wildman–Crippen LogP) is 9.86. The predicted molar refractivity (Wildman–Crippen MR) is 257 cm³/mol. The first-order valence-corrected chi connectivity index (χ1v) is 22.5. The highest BCUT2D eigenvalue weighted by Crippen LogP contribution is 2.34. The Morgan fingerprint density at radius 3 is 0.984 bits per heavy atom. The molecule has 0 radical (unpaired) electrons. The average molecular weight is 925 g/mol. The lowest BCUT2D eigenvalue weighted by atomic mass is 9.91. The molecule has 62 heavy (non-hydrogen) atoms. The van der Waals surface area contributed by atoms with E-state index in [9.17, 15) is 29.4 Å². The van der Waals surface area contributed by atoms with Crippen LogP contribution in [0.2, 0.25) is 0 Å². The maximum absolute atomic E-state index is 13.1. The van der Waals surface area contributed by atoms with Gasteiger partial charge in [0.2, 0.25) is 11.8 Å². The molecule has 2 amide bonds. The second-order valence-electron chi connectivity index (χ2n) is 14.5. The summed E-state index contributed by atoms with van der Waals surface area (Å²) in [6.45, 7) is 9.01. The minimum Gasteiger partial charge on any atom is -0.480 e. The number of carboxylic acids is 2. The summed E-state index contributed by atoms with van der Waals surface area (Å²) in [6, 6.07) is 27.1. The number of aliphatic carboxylic acids is 2. The van der Waals surface area contributed by atoms with Gasteiger partial charge in [0.1, 0.15) is 12.1 Å². The van der Waals surface area contributed by atoms with Crippen molar-refractivity contribution in [2.75, 3.05) is 69.3 Å². The second kappa shape index (κ2) is 24.6. The number of alkyl halides is 4. The first-order chi connectivity index (χ1) is 29.8. The van der Waals surface area contributed by atoms with Crippen molar-refractivity contribution in [1.82, 2.24) is 0 Å². The van der Waals surface area contributed by atoms with E-state index in [1.165, 1.54) is 23.6 Å². The quantitative estimate of drug-likeness (QED) is 0.0558. The molecule has 0 saturated heterocycles. The number of halogens is 4. The van der Waals surface area contributed by atoms with Crippen LogP contribution in [-0.2, 0) is 32.0 Å². The van der Waals surface area contributed by atoms with Crippen LogP contribution >= 0.6 is 46.4 Å². The third kappa shape index (κ3) is 13.0. The monoisotopic (exact) mass is 922 g/mol. The SMILES string of the molecule is C/C=C(/C(=C/C)c1ccc(N(C(C)=O)[C@@H](Cc2ccc(N(CCCl)CCCl)cc2)C(=O)O)cc1)c1ccc(N(C(C)=O)[C@@H](Cc2ccc(N(CCCl)CCCl)cc2)C(=O)O)cc1. The molecule has 2 N–H and O–H groups in total. The van der Waals surface area contributed by atoms with Gasteiger partial charge < -0.3 is 20.0 Å². The van der Waals surface area contributed by atoms with Crippen molar-refractivity contribution >= 4 is 104 Å². The van der Waals surface area contributed by atoms with Crippen LogP contribution < -0.4 is 19.6 Å². The van der Waals surface area contributed by atoms with E-state index in [2.05, 4.69) is 9.80 Å². The van der Waals surface area contributed by atoms with Crippen molar-refractivity contribution in [3.8, 4) is 0 Å². The summed E-state index contributed by atoms with van der Waals surface area (Å²) in [6.07, 6.45) is 4.10. The molecule has 0 aromatic heterocycles. The van der Waals surface area contributed by atoms with Gasteiger partial charge in [0.15, 0.2) is 0 Å². The number of hydrogen-bond acceptors (Lipinski definition) is 6. The minimum absolute atomic E-state index is 0.0892. The summed E-state index contributed by atoms with van der Waals surface area (Å²) < 4.78 is 0. The largest absolute Gasteiger partial charge is 0.480 e. The number of rotatable bonds is 23. The van der Waals surface area contributed by atoms with Gasteiger partial charge in [-0.15, -0.1) is 46.4 Å². The number of carbonyl (C=O) groups excluding carboxylic acids is 2. The van der Waals surface area contributed by atoms with E-state index in [0.717, 1.165) is 44.8 Å². The molecule has 4 aromatic carbocycles. The Morgan fingerprint density at radius 2 is 0.758 bits per heavy atom. The minimum atomic E-state index is -1.16. The van der Waals surface area contributed by atoms with Gasteiger partial charge in [-0.3, -0.25) is 19.4 Å². The normalized spacial score (nSPS) is 12.6. The molecule has 0 heterocycles. The third-order valence-electron chi connectivity index (χ3n) is 10.5. The first-order valence-electron chi connectivity index (χ1n) is 20.3. The van der Waals surface area contributed by atoms with E-state index in [1.807, 2.05) is 98.8 Å². The fourth-order valence-corrected chi connectivity index (χ4v) is 8.40. The lowest BCUT2D eigenvalue weighted by molar-refractivity contribution is -0.140. The molecule has 0 saturated carbocycles. The van der Waals surface area contributed by atoms with Crippen LogP contribution in [0.15, 0.2) is 109 Å². The fraction of sp³-hybridized carbons (Fsp3) is 0.333. The average Bonchev–Trinajstić information content (AvgIpc) is 3.25. The van der Waals surface area contributed by atoms with Gasteiger partial charge in [-0.1, -0.05) is 60.7 Å². The molecule has 0 aliphatic heterocycles. The third-order valence-corrected chi connectivity index (χ3v) is 11.2. The number of carboxylic acid groups (broad SMARTS) is 2. The summed E-state index contributed by atoms with van der Waals surface area (Å²) in [4.78, 5) is 58.3. The molecular formula is C48H54Cl4N4O6. The van der Waals surface area contributed by atoms with Gasteiger partial charge in [-0.25, -0.2) is 9.59 Å². The molecule has 0 aliphatic carbocycles. The van der Waals surface area contributed by atoms with Gasteiger partial charge >= 0.3 is 11.9 Å². The van der Waals surface area contributed by atoms with Crippen LogP contribution in [0, 0.1) is 0 Å². The highest BCUT2D eigenvalue weighted by atomic mass is 35.5. The summed E-state index contributed by atoms with van der Waals surface area (Å²) in [5.74, 6) is -1.33. The molecule has 2 atom stereocenters. The van der Waals surface area contributed by atoms with Crippen molar-refractivity contribution < 1.29 is 29.4 Å². The highest BCUT2D eigenvalue weighted by molar-refractivity contribution is 6.19. The van der Waals surface area contributed by atoms with E-state index >= 15 is 0 Å². The van der Waals surface area contributed by atoms with Crippen molar-refractivity contribution in [2.24, 2.45) is 0 Å². The molecule has 0 spiro atoms. The van der Waals surface area contributed by atoms with Crippen molar-refractivity contribution in [3.05, 3.63) is 131 Å². The van der Waals surface area contributed by atoms with Crippen molar-refractivity contribution in [3.63, 3.8) is 0 Å². The molecule has 0 fully saturated rings. The van der Waals surface area contributed by atoms with Crippen LogP contribution in [-0.4, -0.2) is 95.7 Å². The number of benzene rings is 4. The molecule has 4 aromatic rings.